The molecular weight excluding hydrogens is 455 g/mol. The lowest BCUT2D eigenvalue weighted by Crippen LogP contribution is -2.30. The minimum Gasteiger partial charge on any atom is -0.377 e. The minimum absolute atomic E-state index is 0.200. The molecule has 1 amide bonds. The van der Waals surface area contributed by atoms with Gasteiger partial charge in [-0.25, -0.2) is 9.37 Å². The molecule has 6 nitrogen and oxygen atoms in total. The molecule has 1 aliphatic heterocycles. The lowest BCUT2D eigenvalue weighted by Gasteiger charge is -2.25. The molecule has 0 unspecified atom stereocenters. The van der Waals surface area contributed by atoms with E-state index in [9.17, 15) is 9.18 Å². The summed E-state index contributed by atoms with van der Waals surface area (Å²) in [5.41, 5.74) is 3.01. The van der Waals surface area contributed by atoms with E-state index in [1.54, 1.807) is 24.4 Å². The molecule has 8 heteroatoms. The predicted octanol–water partition coefficient (Wildman–Crippen LogP) is 4.96. The SMILES string of the molecule is O=C(Nc1ncc(C#Cc2ccccc2)cc1F)c1cc(-c2cnn(C3COC3)c2)ccc1Cl. The van der Waals surface area contributed by atoms with E-state index in [0.29, 0.717) is 18.8 Å². The zero-order valence-corrected chi connectivity index (χ0v) is 18.6. The molecule has 5 rings (SSSR count). The number of carbonyl (C=O) groups is 1. The molecule has 0 bridgehead atoms. The van der Waals surface area contributed by atoms with E-state index in [0.717, 1.165) is 16.7 Å². The Balaban J connectivity index is 1.33. The second kappa shape index (κ2) is 9.48. The molecule has 0 aliphatic carbocycles. The van der Waals surface area contributed by atoms with Crippen molar-refractivity contribution < 1.29 is 13.9 Å². The average Bonchev–Trinajstić information content (AvgIpc) is 3.28. The van der Waals surface area contributed by atoms with E-state index in [1.165, 1.54) is 12.3 Å². The molecule has 1 N–H and O–H groups in total. The van der Waals surface area contributed by atoms with Crippen molar-refractivity contribution in [2.75, 3.05) is 18.5 Å². The maximum Gasteiger partial charge on any atom is 0.258 e. The van der Waals surface area contributed by atoms with Crippen LogP contribution in [0.3, 0.4) is 0 Å². The van der Waals surface area contributed by atoms with Crippen molar-refractivity contribution in [3.8, 4) is 23.0 Å². The van der Waals surface area contributed by atoms with Gasteiger partial charge in [-0.2, -0.15) is 5.10 Å². The number of nitrogens with zero attached hydrogens (tertiary/aromatic N) is 3. The van der Waals surface area contributed by atoms with Crippen LogP contribution in [0, 0.1) is 17.7 Å². The van der Waals surface area contributed by atoms with Gasteiger partial charge >= 0.3 is 0 Å². The average molecular weight is 473 g/mol. The van der Waals surface area contributed by atoms with Crippen molar-refractivity contribution in [3.63, 3.8) is 0 Å². The number of hydrogen-bond donors (Lipinski definition) is 1. The van der Waals surface area contributed by atoms with Crippen LogP contribution < -0.4 is 5.32 Å². The summed E-state index contributed by atoms with van der Waals surface area (Å²) in [5.74, 6) is 4.35. The third kappa shape index (κ3) is 4.69. The Hall–Kier alpha value is -3.99. The highest BCUT2D eigenvalue weighted by atomic mass is 35.5. The Bertz CT molecular complexity index is 1420. The largest absolute Gasteiger partial charge is 0.377 e. The van der Waals surface area contributed by atoms with Crippen LogP contribution in [-0.4, -0.2) is 33.9 Å². The van der Waals surface area contributed by atoms with Crippen molar-refractivity contribution >= 4 is 23.3 Å². The van der Waals surface area contributed by atoms with Gasteiger partial charge in [-0.1, -0.05) is 47.7 Å². The first-order valence-electron chi connectivity index (χ1n) is 10.5. The van der Waals surface area contributed by atoms with E-state index in [2.05, 4.69) is 27.2 Å². The molecule has 34 heavy (non-hydrogen) atoms. The van der Waals surface area contributed by atoms with Crippen molar-refractivity contribution in [1.82, 2.24) is 14.8 Å². The molecule has 2 aromatic carbocycles. The highest BCUT2D eigenvalue weighted by molar-refractivity contribution is 6.34. The maximum absolute atomic E-state index is 14.6. The maximum atomic E-state index is 14.6. The summed E-state index contributed by atoms with van der Waals surface area (Å²) in [6.45, 7) is 1.26. The Kier molecular flexibility index (Phi) is 6.09. The number of hydrogen-bond acceptors (Lipinski definition) is 4. The first-order valence-corrected chi connectivity index (χ1v) is 10.9. The van der Waals surface area contributed by atoms with Gasteiger partial charge in [-0.3, -0.25) is 9.48 Å². The van der Waals surface area contributed by atoms with Crippen LogP contribution in [0.2, 0.25) is 5.02 Å². The van der Waals surface area contributed by atoms with Gasteiger partial charge in [0.25, 0.3) is 5.91 Å². The highest BCUT2D eigenvalue weighted by Gasteiger charge is 2.22. The zero-order chi connectivity index (χ0) is 23.5. The number of pyridine rings is 1. The fourth-order valence-electron chi connectivity index (χ4n) is 3.38. The van der Waals surface area contributed by atoms with Gasteiger partial charge in [0, 0.05) is 29.1 Å². The molecule has 0 radical (unpaired) electrons. The van der Waals surface area contributed by atoms with Gasteiger partial charge in [-0.15, -0.1) is 0 Å². The second-order valence-electron chi connectivity index (χ2n) is 7.72. The number of rotatable bonds is 4. The third-order valence-corrected chi connectivity index (χ3v) is 5.67. The number of halogens is 2. The van der Waals surface area contributed by atoms with Crippen LogP contribution in [0.4, 0.5) is 10.2 Å². The van der Waals surface area contributed by atoms with Crippen LogP contribution in [0.25, 0.3) is 11.1 Å². The number of amides is 1. The monoisotopic (exact) mass is 472 g/mol. The Morgan fingerprint density at radius 1 is 1.06 bits per heavy atom. The molecule has 0 atom stereocenters. The second-order valence-corrected chi connectivity index (χ2v) is 8.13. The predicted molar refractivity (Wildman–Crippen MR) is 127 cm³/mol. The van der Waals surface area contributed by atoms with E-state index >= 15 is 0 Å². The van der Waals surface area contributed by atoms with E-state index in [1.807, 2.05) is 41.2 Å². The van der Waals surface area contributed by atoms with E-state index < -0.39 is 11.7 Å². The van der Waals surface area contributed by atoms with E-state index in [4.69, 9.17) is 16.3 Å². The molecular formula is C26H18ClFN4O2. The summed E-state index contributed by atoms with van der Waals surface area (Å²) in [6, 6.07) is 15.9. The summed E-state index contributed by atoms with van der Waals surface area (Å²) >= 11 is 6.27. The van der Waals surface area contributed by atoms with Gasteiger partial charge < -0.3 is 10.1 Å². The first kappa shape index (κ1) is 21.8. The summed E-state index contributed by atoms with van der Waals surface area (Å²) in [5, 5.41) is 7.10. The van der Waals surface area contributed by atoms with Crippen molar-refractivity contribution in [2.45, 2.75) is 6.04 Å². The van der Waals surface area contributed by atoms with Gasteiger partial charge in [0.1, 0.15) is 0 Å². The Labute approximate surface area is 200 Å². The number of anilines is 1. The lowest BCUT2D eigenvalue weighted by atomic mass is 10.1. The standard InChI is InChI=1S/C26H18ClFN4O2/c27-23-9-8-19(20-13-30-32(14-20)21-15-34-16-21)11-22(23)26(33)31-25-24(28)10-18(12-29-25)7-6-17-4-2-1-3-5-17/h1-5,8-14,21H,15-16H2,(H,29,31,33). The molecule has 1 aliphatic rings. The number of benzene rings is 2. The Morgan fingerprint density at radius 3 is 2.59 bits per heavy atom. The van der Waals surface area contributed by atoms with Crippen LogP contribution in [0.15, 0.2) is 73.2 Å². The van der Waals surface area contributed by atoms with Crippen LogP contribution in [-0.2, 0) is 4.74 Å². The zero-order valence-electron chi connectivity index (χ0n) is 17.8. The van der Waals surface area contributed by atoms with Crippen molar-refractivity contribution in [3.05, 3.63) is 101 Å². The van der Waals surface area contributed by atoms with Gasteiger partial charge in [-0.05, 0) is 35.9 Å². The first-order chi connectivity index (χ1) is 16.6. The lowest BCUT2D eigenvalue weighted by molar-refractivity contribution is -0.0286. The van der Waals surface area contributed by atoms with Crippen LogP contribution in [0.1, 0.15) is 27.5 Å². The van der Waals surface area contributed by atoms with Crippen LogP contribution >= 0.6 is 11.6 Å². The summed E-state index contributed by atoms with van der Waals surface area (Å²) in [4.78, 5) is 16.9. The smallest absolute Gasteiger partial charge is 0.258 e. The van der Waals surface area contributed by atoms with Gasteiger partial charge in [0.15, 0.2) is 11.6 Å². The fraction of sp³-hybridized carbons (Fsp3) is 0.115. The molecule has 168 valence electrons. The molecule has 1 saturated heterocycles. The Morgan fingerprint density at radius 2 is 1.85 bits per heavy atom. The van der Waals surface area contributed by atoms with Gasteiger partial charge in [0.05, 0.1) is 36.0 Å². The molecule has 0 saturated carbocycles. The molecule has 4 aromatic rings. The molecule has 3 heterocycles. The fourth-order valence-corrected chi connectivity index (χ4v) is 3.58. The topological polar surface area (TPSA) is 69.0 Å². The normalized spacial score (nSPS) is 13.0. The molecule has 0 spiro atoms. The number of ether oxygens (including phenoxy) is 1. The van der Waals surface area contributed by atoms with Crippen molar-refractivity contribution in [1.29, 1.82) is 0 Å². The summed E-state index contributed by atoms with van der Waals surface area (Å²) in [6.07, 6.45) is 5.03. The molecule has 1 fully saturated rings. The van der Waals surface area contributed by atoms with Crippen LogP contribution in [0.5, 0.6) is 0 Å². The quantitative estimate of drug-likeness (QED) is 0.426. The number of nitrogens with one attached hydrogen (secondary N) is 1. The highest BCUT2D eigenvalue weighted by Crippen LogP contribution is 2.27. The third-order valence-electron chi connectivity index (χ3n) is 5.34. The molecule has 2 aromatic heterocycles. The van der Waals surface area contributed by atoms with Crippen molar-refractivity contribution in [2.24, 2.45) is 0 Å². The van der Waals surface area contributed by atoms with Gasteiger partial charge in [0.2, 0.25) is 0 Å². The number of aromatic nitrogens is 3. The number of carbonyl (C=O) groups excluding carboxylic acids is 1. The minimum atomic E-state index is -0.690. The summed E-state index contributed by atoms with van der Waals surface area (Å²) in [7, 11) is 0. The van der Waals surface area contributed by atoms with E-state index in [-0.39, 0.29) is 22.4 Å². The summed E-state index contributed by atoms with van der Waals surface area (Å²) < 4.78 is 21.7.